The molecule has 0 spiro atoms. The summed E-state index contributed by atoms with van der Waals surface area (Å²) in [6.07, 6.45) is 3.08. The molecule has 0 aliphatic carbocycles. The Morgan fingerprint density at radius 3 is 2.92 bits per heavy atom. The van der Waals surface area contributed by atoms with Crippen molar-refractivity contribution < 1.29 is 9.21 Å². The monoisotopic (exact) mass is 339 g/mol. The van der Waals surface area contributed by atoms with E-state index >= 15 is 0 Å². The maximum absolute atomic E-state index is 12.7. The molecule has 0 unspecified atom stereocenters. The van der Waals surface area contributed by atoms with E-state index in [2.05, 4.69) is 41.1 Å². The molecule has 25 heavy (non-hydrogen) atoms. The van der Waals surface area contributed by atoms with E-state index < -0.39 is 0 Å². The lowest BCUT2D eigenvalue weighted by atomic mass is 10.0. The molecular formula is C20H25N3O2. The predicted molar refractivity (Wildman–Crippen MR) is 95.1 cm³/mol. The van der Waals surface area contributed by atoms with Crippen molar-refractivity contribution in [2.45, 2.75) is 39.3 Å². The van der Waals surface area contributed by atoms with Gasteiger partial charge in [-0.3, -0.25) is 9.69 Å². The molecule has 0 bridgehead atoms. The zero-order chi connectivity index (χ0) is 17.2. The van der Waals surface area contributed by atoms with Gasteiger partial charge in [0.05, 0.1) is 5.69 Å². The molecule has 0 saturated carbocycles. The van der Waals surface area contributed by atoms with Gasteiger partial charge in [-0.2, -0.15) is 0 Å². The Bertz CT molecular complexity index is 741. The van der Waals surface area contributed by atoms with Crippen molar-refractivity contribution >= 4 is 5.91 Å². The number of likely N-dealkylation sites (tertiary alicyclic amines) is 1. The Hall–Kier alpha value is -2.14. The number of carbonyl (C=O) groups is 1. The van der Waals surface area contributed by atoms with Crippen LogP contribution in [0.25, 0.3) is 0 Å². The molecule has 1 atom stereocenters. The van der Waals surface area contributed by atoms with E-state index in [0.717, 1.165) is 57.0 Å². The molecule has 1 aromatic carbocycles. The van der Waals surface area contributed by atoms with Crippen LogP contribution in [0.3, 0.4) is 0 Å². The van der Waals surface area contributed by atoms with Gasteiger partial charge in [0, 0.05) is 39.1 Å². The van der Waals surface area contributed by atoms with Crippen molar-refractivity contribution in [2.75, 3.05) is 19.6 Å². The Morgan fingerprint density at radius 2 is 2.12 bits per heavy atom. The van der Waals surface area contributed by atoms with Crippen LogP contribution < -0.4 is 0 Å². The summed E-state index contributed by atoms with van der Waals surface area (Å²) in [5, 5.41) is 0. The van der Waals surface area contributed by atoms with E-state index in [9.17, 15) is 4.79 Å². The van der Waals surface area contributed by atoms with Gasteiger partial charge < -0.3 is 9.32 Å². The van der Waals surface area contributed by atoms with Gasteiger partial charge in [-0.1, -0.05) is 37.3 Å². The van der Waals surface area contributed by atoms with Gasteiger partial charge >= 0.3 is 5.91 Å². The summed E-state index contributed by atoms with van der Waals surface area (Å²) in [4.78, 5) is 21.5. The van der Waals surface area contributed by atoms with E-state index in [4.69, 9.17) is 4.42 Å². The normalized spacial score (nSPS) is 21.2. The minimum absolute atomic E-state index is 0.0458. The first-order valence-corrected chi connectivity index (χ1v) is 9.23. The summed E-state index contributed by atoms with van der Waals surface area (Å²) in [6, 6.07) is 10.5. The number of nitrogens with zero attached hydrogens (tertiary/aromatic N) is 3. The summed E-state index contributed by atoms with van der Waals surface area (Å²) in [5.74, 6) is 1.68. The third-order valence-corrected chi connectivity index (χ3v) is 5.18. The van der Waals surface area contributed by atoms with Crippen molar-refractivity contribution in [1.82, 2.24) is 14.8 Å². The number of oxazole rings is 1. The number of piperidine rings is 1. The molecule has 2 aliphatic rings. The summed E-state index contributed by atoms with van der Waals surface area (Å²) in [6.45, 7) is 6.41. The standard InChI is InChI=1S/C20H25N3O2/c1-15-6-5-10-23(12-15)20(24)19-21-17-14-22(11-9-18(17)25-19)13-16-7-3-2-4-8-16/h2-4,7-8,15H,5-6,9-14H2,1H3/t15-/m1/s1. The van der Waals surface area contributed by atoms with Gasteiger partial charge in [-0.25, -0.2) is 4.98 Å². The van der Waals surface area contributed by atoms with Crippen LogP contribution in [-0.2, 0) is 19.5 Å². The van der Waals surface area contributed by atoms with Gasteiger partial charge in [0.2, 0.25) is 0 Å². The number of amides is 1. The minimum atomic E-state index is -0.0458. The lowest BCUT2D eigenvalue weighted by molar-refractivity contribution is 0.0640. The van der Waals surface area contributed by atoms with Gasteiger partial charge in [0.15, 0.2) is 0 Å². The summed E-state index contributed by atoms with van der Waals surface area (Å²) < 4.78 is 5.83. The quantitative estimate of drug-likeness (QED) is 0.862. The summed E-state index contributed by atoms with van der Waals surface area (Å²) in [5.41, 5.74) is 2.23. The lowest BCUT2D eigenvalue weighted by Crippen LogP contribution is -2.39. The lowest BCUT2D eigenvalue weighted by Gasteiger charge is -2.29. The number of benzene rings is 1. The van der Waals surface area contributed by atoms with E-state index in [1.807, 2.05) is 11.0 Å². The molecule has 1 amide bonds. The Labute approximate surface area is 148 Å². The smallest absolute Gasteiger partial charge is 0.309 e. The number of carbonyl (C=O) groups excluding carboxylic acids is 1. The zero-order valence-electron chi connectivity index (χ0n) is 14.8. The van der Waals surface area contributed by atoms with Crippen LogP contribution in [0, 0.1) is 5.92 Å². The fourth-order valence-corrected chi connectivity index (χ4v) is 3.83. The highest BCUT2D eigenvalue weighted by Gasteiger charge is 2.29. The van der Waals surface area contributed by atoms with Crippen LogP contribution in [-0.4, -0.2) is 40.3 Å². The molecule has 0 N–H and O–H groups in total. The fraction of sp³-hybridized carbons (Fsp3) is 0.500. The first kappa shape index (κ1) is 16.3. The van der Waals surface area contributed by atoms with Crippen LogP contribution in [0.5, 0.6) is 0 Å². The van der Waals surface area contributed by atoms with Gasteiger partial charge in [0.1, 0.15) is 5.76 Å². The highest BCUT2D eigenvalue weighted by molar-refractivity contribution is 5.89. The molecule has 5 nitrogen and oxygen atoms in total. The maximum atomic E-state index is 12.7. The van der Waals surface area contributed by atoms with Gasteiger partial charge in [0.25, 0.3) is 5.89 Å². The number of fused-ring (bicyclic) bond motifs is 1. The zero-order valence-corrected chi connectivity index (χ0v) is 14.8. The molecule has 2 aliphatic heterocycles. The van der Waals surface area contributed by atoms with Crippen molar-refractivity contribution in [2.24, 2.45) is 5.92 Å². The Balaban J connectivity index is 1.44. The van der Waals surface area contributed by atoms with Crippen molar-refractivity contribution in [3.05, 3.63) is 53.2 Å². The second-order valence-electron chi connectivity index (χ2n) is 7.33. The average Bonchev–Trinajstić information content (AvgIpc) is 3.05. The van der Waals surface area contributed by atoms with Crippen LogP contribution in [0.4, 0.5) is 0 Å². The van der Waals surface area contributed by atoms with E-state index in [1.165, 1.54) is 12.0 Å². The average molecular weight is 339 g/mol. The molecule has 1 saturated heterocycles. The molecule has 3 heterocycles. The molecule has 2 aromatic rings. The highest BCUT2D eigenvalue weighted by atomic mass is 16.4. The second kappa shape index (κ2) is 7.00. The van der Waals surface area contributed by atoms with Crippen molar-refractivity contribution in [3.63, 3.8) is 0 Å². The van der Waals surface area contributed by atoms with Gasteiger partial charge in [-0.05, 0) is 24.3 Å². The molecule has 1 fully saturated rings. The molecule has 5 heteroatoms. The molecule has 132 valence electrons. The van der Waals surface area contributed by atoms with Crippen LogP contribution >= 0.6 is 0 Å². The molecular weight excluding hydrogens is 314 g/mol. The first-order valence-electron chi connectivity index (χ1n) is 9.23. The second-order valence-corrected chi connectivity index (χ2v) is 7.33. The van der Waals surface area contributed by atoms with E-state index in [0.29, 0.717) is 5.92 Å². The molecule has 0 radical (unpaired) electrons. The van der Waals surface area contributed by atoms with E-state index in [1.54, 1.807) is 0 Å². The minimum Gasteiger partial charge on any atom is -0.437 e. The van der Waals surface area contributed by atoms with Crippen LogP contribution in [0.2, 0.25) is 0 Å². The highest BCUT2D eigenvalue weighted by Crippen LogP contribution is 2.23. The molecule has 1 aromatic heterocycles. The van der Waals surface area contributed by atoms with E-state index in [-0.39, 0.29) is 11.8 Å². The predicted octanol–water partition coefficient (Wildman–Crippen LogP) is 3.11. The fourth-order valence-electron chi connectivity index (χ4n) is 3.83. The maximum Gasteiger partial charge on any atom is 0.309 e. The number of hydrogen-bond acceptors (Lipinski definition) is 4. The number of hydrogen-bond donors (Lipinski definition) is 0. The Kier molecular flexibility index (Phi) is 4.57. The third-order valence-electron chi connectivity index (χ3n) is 5.18. The topological polar surface area (TPSA) is 49.6 Å². The van der Waals surface area contributed by atoms with Crippen molar-refractivity contribution in [1.29, 1.82) is 0 Å². The number of rotatable bonds is 3. The SMILES string of the molecule is C[C@@H]1CCCN(C(=O)c2nc3c(o2)CCN(Cc2ccccc2)C3)C1. The van der Waals surface area contributed by atoms with Crippen LogP contribution in [0.15, 0.2) is 34.7 Å². The van der Waals surface area contributed by atoms with Crippen molar-refractivity contribution in [3.8, 4) is 0 Å². The number of aromatic nitrogens is 1. The Morgan fingerprint density at radius 1 is 1.28 bits per heavy atom. The summed E-state index contributed by atoms with van der Waals surface area (Å²) >= 11 is 0. The largest absolute Gasteiger partial charge is 0.437 e. The third kappa shape index (κ3) is 3.61. The van der Waals surface area contributed by atoms with Gasteiger partial charge in [-0.15, -0.1) is 0 Å². The van der Waals surface area contributed by atoms with Crippen LogP contribution in [0.1, 0.15) is 47.5 Å². The molecule has 4 rings (SSSR count). The summed E-state index contributed by atoms with van der Waals surface area (Å²) in [7, 11) is 0. The first-order chi connectivity index (χ1) is 12.2.